The lowest BCUT2D eigenvalue weighted by molar-refractivity contribution is -0.146. The Morgan fingerprint density at radius 2 is 1.85 bits per heavy atom. The van der Waals surface area contributed by atoms with Gasteiger partial charge in [-0.3, -0.25) is 23.5 Å². The molecule has 0 saturated carbocycles. The van der Waals surface area contributed by atoms with Crippen molar-refractivity contribution >= 4 is 21.9 Å². The standard InChI is InChI=1S/C15H22N4O7S/c1-5-26-11(20)8-10-13(21)16-6-7-19(10)27(24,25)12-9(2)17(3)15(23)18(4)14(12)22/h10H,5-8H2,1-4H3,(H,16,21). The molecule has 0 aromatic carbocycles. The first kappa shape index (κ1) is 20.8. The minimum Gasteiger partial charge on any atom is -0.466 e. The van der Waals surface area contributed by atoms with Gasteiger partial charge in [0.15, 0.2) is 4.90 Å². The zero-order chi connectivity index (χ0) is 20.5. The van der Waals surface area contributed by atoms with Gasteiger partial charge in [-0.15, -0.1) is 0 Å². The fourth-order valence-electron chi connectivity index (χ4n) is 2.88. The predicted molar refractivity (Wildman–Crippen MR) is 93.6 cm³/mol. The number of aromatic nitrogens is 2. The molecule has 1 aliphatic heterocycles. The summed E-state index contributed by atoms with van der Waals surface area (Å²) >= 11 is 0. The maximum Gasteiger partial charge on any atom is 0.330 e. The van der Waals surface area contributed by atoms with Crippen LogP contribution in [0.5, 0.6) is 0 Å². The van der Waals surface area contributed by atoms with E-state index in [0.29, 0.717) is 4.57 Å². The number of carbonyl (C=O) groups excluding carboxylic acids is 2. The van der Waals surface area contributed by atoms with Gasteiger partial charge in [0, 0.05) is 32.9 Å². The number of hydrogen-bond donors (Lipinski definition) is 1. The van der Waals surface area contributed by atoms with Crippen molar-refractivity contribution in [1.29, 1.82) is 0 Å². The maximum absolute atomic E-state index is 13.2. The Kier molecular flexibility index (Phi) is 5.90. The smallest absolute Gasteiger partial charge is 0.330 e. The molecule has 150 valence electrons. The number of rotatable bonds is 5. The second kappa shape index (κ2) is 7.64. The summed E-state index contributed by atoms with van der Waals surface area (Å²) in [5.41, 5.74) is -1.71. The number of amides is 1. The molecular formula is C15H22N4O7S. The summed E-state index contributed by atoms with van der Waals surface area (Å²) in [7, 11) is -1.94. The molecule has 27 heavy (non-hydrogen) atoms. The van der Waals surface area contributed by atoms with E-state index in [0.717, 1.165) is 8.87 Å². The van der Waals surface area contributed by atoms with Crippen LogP contribution in [-0.4, -0.2) is 59.5 Å². The summed E-state index contributed by atoms with van der Waals surface area (Å²) in [5, 5.41) is 2.50. The van der Waals surface area contributed by atoms with E-state index in [2.05, 4.69) is 5.32 Å². The van der Waals surface area contributed by atoms with Gasteiger partial charge in [-0.1, -0.05) is 0 Å². The molecule has 1 unspecified atom stereocenters. The second-order valence-electron chi connectivity index (χ2n) is 6.05. The first-order valence-electron chi connectivity index (χ1n) is 8.25. The van der Waals surface area contributed by atoms with Crippen molar-refractivity contribution in [3.8, 4) is 0 Å². The van der Waals surface area contributed by atoms with Crippen molar-refractivity contribution in [2.24, 2.45) is 14.1 Å². The number of carbonyl (C=O) groups is 2. The summed E-state index contributed by atoms with van der Waals surface area (Å²) in [6, 6.07) is -1.34. The SMILES string of the molecule is CCOC(=O)CC1C(=O)NCCN1S(=O)(=O)c1c(C)n(C)c(=O)n(C)c1=O. The van der Waals surface area contributed by atoms with Gasteiger partial charge in [-0.2, -0.15) is 4.31 Å². The minimum absolute atomic E-state index is 0.0303. The Hall–Kier alpha value is -2.47. The zero-order valence-electron chi connectivity index (χ0n) is 15.5. The van der Waals surface area contributed by atoms with Crippen LogP contribution >= 0.6 is 0 Å². The van der Waals surface area contributed by atoms with Gasteiger partial charge in [-0.25, -0.2) is 13.2 Å². The van der Waals surface area contributed by atoms with E-state index in [9.17, 15) is 27.6 Å². The maximum atomic E-state index is 13.2. The van der Waals surface area contributed by atoms with Crippen LogP contribution in [0.3, 0.4) is 0 Å². The summed E-state index contributed by atoms with van der Waals surface area (Å²) in [4.78, 5) is 47.9. The average Bonchev–Trinajstić information content (AvgIpc) is 2.60. The molecule has 1 saturated heterocycles. The molecule has 1 amide bonds. The Morgan fingerprint density at radius 3 is 2.44 bits per heavy atom. The predicted octanol–water partition coefficient (Wildman–Crippen LogP) is -2.17. The molecule has 1 atom stereocenters. The van der Waals surface area contributed by atoms with E-state index in [-0.39, 0.29) is 25.4 Å². The van der Waals surface area contributed by atoms with Gasteiger partial charge in [0.1, 0.15) is 6.04 Å². The molecule has 1 aliphatic rings. The van der Waals surface area contributed by atoms with Crippen molar-refractivity contribution < 1.29 is 22.7 Å². The Morgan fingerprint density at radius 1 is 1.22 bits per heavy atom. The second-order valence-corrected chi connectivity index (χ2v) is 7.88. The molecule has 1 N–H and O–H groups in total. The minimum atomic E-state index is -4.46. The van der Waals surface area contributed by atoms with Crippen LogP contribution in [0.2, 0.25) is 0 Å². The highest BCUT2D eigenvalue weighted by molar-refractivity contribution is 7.89. The van der Waals surface area contributed by atoms with Crippen molar-refractivity contribution in [2.75, 3.05) is 19.7 Å². The molecule has 0 aliphatic carbocycles. The monoisotopic (exact) mass is 402 g/mol. The van der Waals surface area contributed by atoms with Gasteiger partial charge >= 0.3 is 11.7 Å². The molecule has 1 fully saturated rings. The fourth-order valence-corrected chi connectivity index (χ4v) is 4.82. The van der Waals surface area contributed by atoms with Crippen molar-refractivity contribution in [3.05, 3.63) is 26.5 Å². The molecule has 0 bridgehead atoms. The van der Waals surface area contributed by atoms with Gasteiger partial charge in [0.05, 0.1) is 13.0 Å². The summed E-state index contributed by atoms with van der Waals surface area (Å²) < 4.78 is 33.8. The van der Waals surface area contributed by atoms with Crippen LogP contribution in [0.25, 0.3) is 0 Å². The van der Waals surface area contributed by atoms with E-state index in [1.807, 2.05) is 0 Å². The number of sulfonamides is 1. The van der Waals surface area contributed by atoms with Crippen LogP contribution in [0.15, 0.2) is 14.5 Å². The highest BCUT2D eigenvalue weighted by Gasteiger charge is 2.42. The van der Waals surface area contributed by atoms with Crippen LogP contribution in [-0.2, 0) is 38.4 Å². The number of ether oxygens (including phenoxy) is 1. The number of nitrogens with one attached hydrogen (secondary N) is 1. The Balaban J connectivity index is 2.60. The lowest BCUT2D eigenvalue weighted by Crippen LogP contribution is -2.58. The zero-order valence-corrected chi connectivity index (χ0v) is 16.3. The van der Waals surface area contributed by atoms with E-state index >= 15 is 0 Å². The highest BCUT2D eigenvalue weighted by atomic mass is 32.2. The fraction of sp³-hybridized carbons (Fsp3) is 0.600. The van der Waals surface area contributed by atoms with E-state index in [1.54, 1.807) is 6.92 Å². The van der Waals surface area contributed by atoms with Crippen molar-refractivity contribution in [1.82, 2.24) is 18.8 Å². The first-order chi connectivity index (χ1) is 12.5. The molecule has 12 heteroatoms. The molecule has 2 heterocycles. The third kappa shape index (κ3) is 3.67. The average molecular weight is 402 g/mol. The third-order valence-electron chi connectivity index (χ3n) is 4.42. The lowest BCUT2D eigenvalue weighted by Gasteiger charge is -2.33. The van der Waals surface area contributed by atoms with Crippen LogP contribution in [0, 0.1) is 6.92 Å². The van der Waals surface area contributed by atoms with Gasteiger partial charge < -0.3 is 10.1 Å². The van der Waals surface area contributed by atoms with Crippen LogP contribution in [0.4, 0.5) is 0 Å². The van der Waals surface area contributed by atoms with E-state index in [1.165, 1.54) is 21.0 Å². The van der Waals surface area contributed by atoms with E-state index < -0.39 is 50.5 Å². The molecule has 11 nitrogen and oxygen atoms in total. The number of piperazine rings is 1. The van der Waals surface area contributed by atoms with E-state index in [4.69, 9.17) is 4.74 Å². The van der Waals surface area contributed by atoms with Crippen molar-refractivity contribution in [2.45, 2.75) is 31.2 Å². The lowest BCUT2D eigenvalue weighted by atomic mass is 10.1. The molecule has 1 aromatic heterocycles. The summed E-state index contributed by atoms with van der Waals surface area (Å²) in [5.74, 6) is -1.39. The molecule has 1 aromatic rings. The van der Waals surface area contributed by atoms with Gasteiger partial charge in [0.25, 0.3) is 15.6 Å². The van der Waals surface area contributed by atoms with Gasteiger partial charge in [-0.05, 0) is 13.8 Å². The largest absolute Gasteiger partial charge is 0.466 e. The Bertz CT molecular complexity index is 993. The number of nitrogens with zero attached hydrogens (tertiary/aromatic N) is 3. The third-order valence-corrected chi connectivity index (χ3v) is 6.46. The molecule has 2 rings (SSSR count). The number of esters is 1. The van der Waals surface area contributed by atoms with Crippen LogP contribution < -0.4 is 16.6 Å². The quantitative estimate of drug-likeness (QED) is 0.554. The summed E-state index contributed by atoms with van der Waals surface area (Å²) in [6.07, 6.45) is -0.482. The Labute approximate surface area is 155 Å². The highest BCUT2D eigenvalue weighted by Crippen LogP contribution is 2.21. The summed E-state index contributed by atoms with van der Waals surface area (Å²) in [6.45, 7) is 2.91. The molecular weight excluding hydrogens is 380 g/mol. The van der Waals surface area contributed by atoms with Crippen LogP contribution in [0.1, 0.15) is 19.0 Å². The topological polar surface area (TPSA) is 137 Å². The normalized spacial score (nSPS) is 18.2. The molecule has 0 spiro atoms. The number of hydrogen-bond acceptors (Lipinski definition) is 7. The molecule has 0 radical (unpaired) electrons. The first-order valence-corrected chi connectivity index (χ1v) is 9.69. The van der Waals surface area contributed by atoms with Gasteiger partial charge in [0.2, 0.25) is 5.91 Å². The van der Waals surface area contributed by atoms with Crippen molar-refractivity contribution in [3.63, 3.8) is 0 Å².